The van der Waals surface area contributed by atoms with E-state index < -0.39 is 17.7 Å². The van der Waals surface area contributed by atoms with Crippen LogP contribution in [0, 0.1) is 5.82 Å². The molecule has 0 saturated heterocycles. The SMILES string of the molecule is CCCCOC(=O)/C=C(/C(=O)Nc1ccc(F)cc1)c1ccccc1. The Labute approximate surface area is 146 Å². The monoisotopic (exact) mass is 341 g/mol. The maximum Gasteiger partial charge on any atom is 0.331 e. The number of unbranched alkanes of at least 4 members (excludes halogenated alkanes) is 1. The number of anilines is 1. The molecule has 2 aromatic rings. The number of rotatable bonds is 7. The van der Waals surface area contributed by atoms with Crippen molar-refractivity contribution in [3.05, 3.63) is 72.1 Å². The third-order valence-corrected chi connectivity index (χ3v) is 3.44. The number of esters is 1. The highest BCUT2D eigenvalue weighted by atomic mass is 19.1. The first-order chi connectivity index (χ1) is 12.1. The van der Waals surface area contributed by atoms with Crippen LogP contribution in [0.25, 0.3) is 5.57 Å². The van der Waals surface area contributed by atoms with Crippen LogP contribution >= 0.6 is 0 Å². The Balaban J connectivity index is 2.20. The van der Waals surface area contributed by atoms with Gasteiger partial charge in [0.1, 0.15) is 5.82 Å². The molecular weight excluding hydrogens is 321 g/mol. The maximum atomic E-state index is 13.0. The summed E-state index contributed by atoms with van der Waals surface area (Å²) in [6.45, 7) is 2.31. The number of carbonyl (C=O) groups is 2. The fourth-order valence-electron chi connectivity index (χ4n) is 2.11. The molecule has 0 aliphatic carbocycles. The quantitative estimate of drug-likeness (QED) is 0.467. The summed E-state index contributed by atoms with van der Waals surface area (Å²) in [4.78, 5) is 24.6. The van der Waals surface area contributed by atoms with E-state index in [0.717, 1.165) is 12.8 Å². The summed E-state index contributed by atoms with van der Waals surface area (Å²) in [6, 6.07) is 14.2. The van der Waals surface area contributed by atoms with Crippen LogP contribution in [-0.2, 0) is 14.3 Å². The predicted molar refractivity (Wildman–Crippen MR) is 95.3 cm³/mol. The summed E-state index contributed by atoms with van der Waals surface area (Å²) in [6.07, 6.45) is 2.86. The topological polar surface area (TPSA) is 55.4 Å². The maximum absolute atomic E-state index is 13.0. The second-order valence-electron chi connectivity index (χ2n) is 5.41. The summed E-state index contributed by atoms with van der Waals surface area (Å²) >= 11 is 0. The lowest BCUT2D eigenvalue weighted by atomic mass is 10.0. The van der Waals surface area contributed by atoms with Gasteiger partial charge in [0.15, 0.2) is 0 Å². The lowest BCUT2D eigenvalue weighted by Crippen LogP contribution is -2.15. The van der Waals surface area contributed by atoms with Crippen molar-refractivity contribution in [2.24, 2.45) is 0 Å². The number of hydrogen-bond acceptors (Lipinski definition) is 3. The molecule has 0 saturated carbocycles. The molecule has 4 nitrogen and oxygen atoms in total. The number of ether oxygens (including phenoxy) is 1. The van der Waals surface area contributed by atoms with Crippen LogP contribution in [0.3, 0.4) is 0 Å². The van der Waals surface area contributed by atoms with Gasteiger partial charge in [0.2, 0.25) is 0 Å². The second-order valence-corrected chi connectivity index (χ2v) is 5.41. The molecule has 0 aliphatic heterocycles. The molecule has 0 fully saturated rings. The van der Waals surface area contributed by atoms with Gasteiger partial charge in [-0.2, -0.15) is 0 Å². The van der Waals surface area contributed by atoms with E-state index >= 15 is 0 Å². The molecule has 1 N–H and O–H groups in total. The highest BCUT2D eigenvalue weighted by molar-refractivity contribution is 6.27. The van der Waals surface area contributed by atoms with E-state index in [1.165, 1.54) is 30.3 Å². The predicted octanol–water partition coefficient (Wildman–Crippen LogP) is 4.19. The van der Waals surface area contributed by atoms with Crippen molar-refractivity contribution in [3.63, 3.8) is 0 Å². The molecule has 0 heterocycles. The summed E-state index contributed by atoms with van der Waals surface area (Å²) in [5.74, 6) is -1.43. The normalized spacial score (nSPS) is 11.0. The van der Waals surface area contributed by atoms with Gasteiger partial charge in [-0.3, -0.25) is 4.79 Å². The molecule has 0 aliphatic rings. The molecule has 0 aromatic heterocycles. The second kappa shape index (κ2) is 9.37. The Bertz CT molecular complexity index is 739. The number of benzene rings is 2. The van der Waals surface area contributed by atoms with Gasteiger partial charge in [0.25, 0.3) is 5.91 Å². The van der Waals surface area contributed by atoms with Crippen LogP contribution in [0.4, 0.5) is 10.1 Å². The van der Waals surface area contributed by atoms with Gasteiger partial charge >= 0.3 is 5.97 Å². The summed E-state index contributed by atoms with van der Waals surface area (Å²) in [5.41, 5.74) is 1.22. The van der Waals surface area contributed by atoms with Crippen LogP contribution in [0.5, 0.6) is 0 Å². The molecule has 130 valence electrons. The minimum Gasteiger partial charge on any atom is -0.463 e. The fraction of sp³-hybridized carbons (Fsp3) is 0.200. The molecular formula is C20H20FNO3. The minimum absolute atomic E-state index is 0.187. The van der Waals surface area contributed by atoms with E-state index in [4.69, 9.17) is 4.74 Å². The van der Waals surface area contributed by atoms with E-state index in [0.29, 0.717) is 17.9 Å². The van der Waals surface area contributed by atoms with Crippen LogP contribution in [-0.4, -0.2) is 18.5 Å². The molecule has 1 amide bonds. The number of halogens is 1. The Hall–Kier alpha value is -2.95. The first-order valence-electron chi connectivity index (χ1n) is 8.11. The van der Waals surface area contributed by atoms with Crippen molar-refractivity contribution in [2.75, 3.05) is 11.9 Å². The molecule has 0 radical (unpaired) electrons. The summed E-state index contributed by atoms with van der Waals surface area (Å²) in [5, 5.41) is 2.66. The molecule has 0 spiro atoms. The summed E-state index contributed by atoms with van der Waals surface area (Å²) < 4.78 is 18.1. The average molecular weight is 341 g/mol. The molecule has 0 unspecified atom stereocenters. The fourth-order valence-corrected chi connectivity index (χ4v) is 2.11. The molecule has 0 atom stereocenters. The first-order valence-corrected chi connectivity index (χ1v) is 8.11. The number of hydrogen-bond donors (Lipinski definition) is 1. The van der Waals surface area contributed by atoms with E-state index in [1.54, 1.807) is 24.3 Å². The van der Waals surface area contributed by atoms with Crippen LogP contribution < -0.4 is 5.32 Å². The lowest BCUT2D eigenvalue weighted by Gasteiger charge is -2.10. The zero-order chi connectivity index (χ0) is 18.1. The first kappa shape index (κ1) is 18.4. The molecule has 0 bridgehead atoms. The van der Waals surface area contributed by atoms with E-state index in [1.807, 2.05) is 13.0 Å². The molecule has 2 rings (SSSR count). The van der Waals surface area contributed by atoms with E-state index in [-0.39, 0.29) is 5.57 Å². The number of amides is 1. The lowest BCUT2D eigenvalue weighted by molar-refractivity contribution is -0.137. The van der Waals surface area contributed by atoms with Gasteiger partial charge in [-0.25, -0.2) is 9.18 Å². The van der Waals surface area contributed by atoms with Crippen molar-refractivity contribution < 1.29 is 18.7 Å². The third kappa shape index (κ3) is 5.88. The van der Waals surface area contributed by atoms with Crippen molar-refractivity contribution in [1.82, 2.24) is 0 Å². The standard InChI is InChI=1S/C20H20FNO3/c1-2-3-13-25-19(23)14-18(15-7-5-4-6-8-15)20(24)22-17-11-9-16(21)10-12-17/h4-12,14H,2-3,13H2,1H3,(H,22,24)/b18-14+. The zero-order valence-corrected chi connectivity index (χ0v) is 14.0. The summed E-state index contributed by atoms with van der Waals surface area (Å²) in [7, 11) is 0. The van der Waals surface area contributed by atoms with Gasteiger partial charge in [-0.05, 0) is 36.2 Å². The van der Waals surface area contributed by atoms with Crippen LogP contribution in [0.1, 0.15) is 25.3 Å². The van der Waals surface area contributed by atoms with Crippen LogP contribution in [0.15, 0.2) is 60.7 Å². The van der Waals surface area contributed by atoms with E-state index in [9.17, 15) is 14.0 Å². The Morgan fingerprint density at radius 2 is 1.76 bits per heavy atom. The van der Waals surface area contributed by atoms with Gasteiger partial charge in [0, 0.05) is 11.8 Å². The van der Waals surface area contributed by atoms with Gasteiger partial charge in [0.05, 0.1) is 12.2 Å². The number of carbonyl (C=O) groups excluding carboxylic acids is 2. The average Bonchev–Trinajstić information content (AvgIpc) is 2.62. The highest BCUT2D eigenvalue weighted by Crippen LogP contribution is 2.18. The van der Waals surface area contributed by atoms with E-state index in [2.05, 4.69) is 5.32 Å². The van der Waals surface area contributed by atoms with Crippen molar-refractivity contribution >= 4 is 23.1 Å². The van der Waals surface area contributed by atoms with Crippen molar-refractivity contribution in [3.8, 4) is 0 Å². The Kier molecular flexibility index (Phi) is 6.89. The Morgan fingerprint density at radius 1 is 1.08 bits per heavy atom. The molecule has 5 heteroatoms. The van der Waals surface area contributed by atoms with Gasteiger partial charge < -0.3 is 10.1 Å². The zero-order valence-electron chi connectivity index (χ0n) is 14.0. The smallest absolute Gasteiger partial charge is 0.331 e. The Morgan fingerprint density at radius 3 is 2.40 bits per heavy atom. The van der Waals surface area contributed by atoms with Crippen molar-refractivity contribution in [1.29, 1.82) is 0 Å². The number of nitrogens with one attached hydrogen (secondary N) is 1. The van der Waals surface area contributed by atoms with Crippen LogP contribution in [0.2, 0.25) is 0 Å². The minimum atomic E-state index is -0.568. The van der Waals surface area contributed by atoms with Gasteiger partial charge in [-0.1, -0.05) is 43.7 Å². The molecule has 25 heavy (non-hydrogen) atoms. The largest absolute Gasteiger partial charge is 0.463 e. The van der Waals surface area contributed by atoms with Crippen molar-refractivity contribution in [2.45, 2.75) is 19.8 Å². The van der Waals surface area contributed by atoms with Gasteiger partial charge in [-0.15, -0.1) is 0 Å². The third-order valence-electron chi connectivity index (χ3n) is 3.44. The highest BCUT2D eigenvalue weighted by Gasteiger charge is 2.15. The molecule has 2 aromatic carbocycles.